The molecule has 11 heteroatoms. The Morgan fingerprint density at radius 3 is 2.50 bits per heavy atom. The van der Waals surface area contributed by atoms with Gasteiger partial charge in [0.15, 0.2) is 11.2 Å². The van der Waals surface area contributed by atoms with Crippen LogP contribution in [0.15, 0.2) is 39.0 Å². The molecule has 0 amide bonds. The maximum Gasteiger partial charge on any atom is 0.332 e. The zero-order chi connectivity index (χ0) is 23.4. The summed E-state index contributed by atoms with van der Waals surface area (Å²) < 4.78 is 14.4. The van der Waals surface area contributed by atoms with Gasteiger partial charge < -0.3 is 19.1 Å². The molecule has 3 rings (SSSR count). The lowest BCUT2D eigenvalue weighted by atomic mass is 10.2. The van der Waals surface area contributed by atoms with Gasteiger partial charge in [-0.1, -0.05) is 0 Å². The Bertz CT molecular complexity index is 1220. The first-order valence-corrected chi connectivity index (χ1v) is 10.1. The molecule has 1 unspecified atom stereocenters. The number of aromatic nitrogens is 4. The molecule has 172 valence electrons. The van der Waals surface area contributed by atoms with Crippen molar-refractivity contribution in [2.45, 2.75) is 32.6 Å². The molecule has 2 aromatic heterocycles. The zero-order valence-corrected chi connectivity index (χ0v) is 18.8. The summed E-state index contributed by atoms with van der Waals surface area (Å²) >= 11 is 0. The molecule has 1 aromatic carbocycles. The number of anilines is 1. The summed E-state index contributed by atoms with van der Waals surface area (Å²) in [5.74, 6) is 0.943. The molecular weight excluding hydrogens is 416 g/mol. The van der Waals surface area contributed by atoms with Crippen LogP contribution in [0.1, 0.15) is 19.4 Å². The van der Waals surface area contributed by atoms with Crippen LogP contribution in [-0.4, -0.2) is 55.9 Å². The van der Waals surface area contributed by atoms with Crippen molar-refractivity contribution in [2.24, 2.45) is 19.2 Å². The summed E-state index contributed by atoms with van der Waals surface area (Å²) in [6.45, 7) is 3.84. The topological polar surface area (TPSA) is 125 Å². The Hall–Kier alpha value is -3.44. The monoisotopic (exact) mass is 444 g/mol. The largest absolute Gasteiger partial charge is 0.497 e. The number of benzene rings is 1. The molecule has 3 aromatic rings. The smallest absolute Gasteiger partial charge is 0.332 e. The van der Waals surface area contributed by atoms with Crippen LogP contribution in [0.25, 0.3) is 11.2 Å². The van der Waals surface area contributed by atoms with E-state index in [0.29, 0.717) is 0 Å². The number of hydrogen-bond donors (Lipinski definition) is 2. The standard InChI is InChI=1S/C21H28N6O5/c1-13(2)32-12-15(28)11-27-17-18(25(3)21(30)26(4)19(17)29)23-20(27)24-22-10-14-6-8-16(31-5)9-7-14/h6-10,13,15,28H,11-12H2,1-5H3,(H,23,24)/b22-10+. The van der Waals surface area contributed by atoms with E-state index in [-0.39, 0.29) is 36.4 Å². The number of ether oxygens (including phenoxy) is 2. The van der Waals surface area contributed by atoms with E-state index in [9.17, 15) is 14.7 Å². The van der Waals surface area contributed by atoms with Crippen LogP contribution in [-0.2, 0) is 25.4 Å². The van der Waals surface area contributed by atoms with Crippen molar-refractivity contribution in [3.63, 3.8) is 0 Å². The Labute approximate surface area is 184 Å². The first kappa shape index (κ1) is 23.2. The number of aliphatic hydroxyl groups excluding tert-OH is 1. The molecule has 0 saturated heterocycles. The third kappa shape index (κ3) is 4.89. The SMILES string of the molecule is COc1ccc(/C=N/Nc2nc3c(c(=O)n(C)c(=O)n3C)n2CC(O)COC(C)C)cc1. The molecule has 2 N–H and O–H groups in total. The quantitative estimate of drug-likeness (QED) is 0.367. The van der Waals surface area contributed by atoms with E-state index in [2.05, 4.69) is 15.5 Å². The molecule has 0 spiro atoms. The van der Waals surface area contributed by atoms with Gasteiger partial charge in [-0.2, -0.15) is 10.1 Å². The highest BCUT2D eigenvalue weighted by Crippen LogP contribution is 2.17. The number of methoxy groups -OCH3 is 1. The summed E-state index contributed by atoms with van der Waals surface area (Å²) in [6.07, 6.45) is 0.630. The third-order valence-corrected chi connectivity index (χ3v) is 4.86. The number of nitrogens with one attached hydrogen (secondary N) is 1. The Kier molecular flexibility index (Phi) is 7.11. The molecule has 0 fully saturated rings. The predicted octanol–water partition coefficient (Wildman–Crippen LogP) is 0.674. The average Bonchev–Trinajstić information content (AvgIpc) is 3.13. The van der Waals surface area contributed by atoms with Crippen molar-refractivity contribution in [3.05, 3.63) is 50.7 Å². The van der Waals surface area contributed by atoms with Gasteiger partial charge in [-0.15, -0.1) is 0 Å². The molecule has 0 saturated carbocycles. The number of rotatable bonds is 9. The van der Waals surface area contributed by atoms with E-state index in [1.54, 1.807) is 25.5 Å². The van der Waals surface area contributed by atoms with Gasteiger partial charge in [-0.05, 0) is 43.7 Å². The number of aryl methyl sites for hydroxylation is 1. The fourth-order valence-electron chi connectivity index (χ4n) is 3.13. The summed E-state index contributed by atoms with van der Waals surface area (Å²) in [7, 11) is 4.52. The molecule has 0 aliphatic rings. The van der Waals surface area contributed by atoms with Crippen LogP contribution < -0.4 is 21.4 Å². The van der Waals surface area contributed by atoms with Crippen LogP contribution in [0, 0.1) is 0 Å². The Morgan fingerprint density at radius 1 is 1.19 bits per heavy atom. The maximum atomic E-state index is 12.8. The minimum Gasteiger partial charge on any atom is -0.497 e. The second-order valence-electron chi connectivity index (χ2n) is 7.60. The lowest BCUT2D eigenvalue weighted by Gasteiger charge is -2.16. The molecular formula is C21H28N6O5. The first-order valence-electron chi connectivity index (χ1n) is 10.1. The Balaban J connectivity index is 1.98. The van der Waals surface area contributed by atoms with E-state index in [1.165, 1.54) is 23.2 Å². The molecule has 0 radical (unpaired) electrons. The molecule has 1 atom stereocenters. The van der Waals surface area contributed by atoms with Gasteiger partial charge in [0, 0.05) is 14.1 Å². The fraction of sp³-hybridized carbons (Fsp3) is 0.429. The summed E-state index contributed by atoms with van der Waals surface area (Å²) in [5.41, 5.74) is 2.99. The van der Waals surface area contributed by atoms with Gasteiger partial charge in [0.25, 0.3) is 5.56 Å². The first-order chi connectivity index (χ1) is 15.2. The van der Waals surface area contributed by atoms with Crippen molar-refractivity contribution < 1.29 is 14.6 Å². The number of imidazole rings is 1. The zero-order valence-electron chi connectivity index (χ0n) is 18.8. The van der Waals surface area contributed by atoms with E-state index < -0.39 is 17.4 Å². The minimum atomic E-state index is -0.900. The van der Waals surface area contributed by atoms with Crippen LogP contribution in [0.2, 0.25) is 0 Å². The van der Waals surface area contributed by atoms with Crippen LogP contribution >= 0.6 is 0 Å². The number of nitrogens with zero attached hydrogens (tertiary/aromatic N) is 5. The van der Waals surface area contributed by atoms with Crippen LogP contribution in [0.5, 0.6) is 5.75 Å². The van der Waals surface area contributed by atoms with Crippen molar-refractivity contribution >= 4 is 23.3 Å². The lowest BCUT2D eigenvalue weighted by molar-refractivity contribution is -0.000109. The van der Waals surface area contributed by atoms with Crippen molar-refractivity contribution in [1.82, 2.24) is 18.7 Å². The van der Waals surface area contributed by atoms with Crippen LogP contribution in [0.3, 0.4) is 0 Å². The Morgan fingerprint density at radius 2 is 1.88 bits per heavy atom. The lowest BCUT2D eigenvalue weighted by Crippen LogP contribution is -2.38. The highest BCUT2D eigenvalue weighted by Gasteiger charge is 2.21. The normalized spacial score (nSPS) is 12.7. The highest BCUT2D eigenvalue weighted by molar-refractivity contribution is 5.80. The molecule has 0 bridgehead atoms. The molecule has 2 heterocycles. The van der Waals surface area contributed by atoms with E-state index >= 15 is 0 Å². The van der Waals surface area contributed by atoms with Crippen molar-refractivity contribution in [2.75, 3.05) is 19.1 Å². The van der Waals surface area contributed by atoms with Crippen LogP contribution in [0.4, 0.5) is 5.95 Å². The number of hydrazone groups is 1. The number of aliphatic hydroxyl groups is 1. The molecule has 0 aliphatic heterocycles. The predicted molar refractivity (Wildman–Crippen MR) is 122 cm³/mol. The third-order valence-electron chi connectivity index (χ3n) is 4.86. The minimum absolute atomic E-state index is 0.0249. The van der Waals surface area contributed by atoms with E-state index in [1.807, 2.05) is 26.0 Å². The van der Waals surface area contributed by atoms with Gasteiger partial charge in [0.05, 0.1) is 38.7 Å². The summed E-state index contributed by atoms with van der Waals surface area (Å²) in [5, 5.41) is 14.7. The second-order valence-corrected chi connectivity index (χ2v) is 7.60. The van der Waals surface area contributed by atoms with E-state index in [0.717, 1.165) is 15.9 Å². The molecule has 32 heavy (non-hydrogen) atoms. The summed E-state index contributed by atoms with van der Waals surface area (Å²) in [6, 6.07) is 7.28. The molecule has 0 aliphatic carbocycles. The van der Waals surface area contributed by atoms with Gasteiger partial charge in [0.2, 0.25) is 5.95 Å². The van der Waals surface area contributed by atoms with Gasteiger partial charge in [-0.3, -0.25) is 13.9 Å². The number of hydrogen-bond acceptors (Lipinski definition) is 8. The summed E-state index contributed by atoms with van der Waals surface area (Å²) in [4.78, 5) is 29.6. The maximum absolute atomic E-state index is 12.8. The van der Waals surface area contributed by atoms with Gasteiger partial charge in [-0.25, -0.2) is 10.2 Å². The number of fused-ring (bicyclic) bond motifs is 1. The highest BCUT2D eigenvalue weighted by atomic mass is 16.5. The van der Waals surface area contributed by atoms with E-state index in [4.69, 9.17) is 9.47 Å². The molecule has 11 nitrogen and oxygen atoms in total. The average molecular weight is 444 g/mol. The fourth-order valence-corrected chi connectivity index (χ4v) is 3.13. The van der Waals surface area contributed by atoms with Crippen molar-refractivity contribution in [1.29, 1.82) is 0 Å². The second kappa shape index (κ2) is 9.79. The van der Waals surface area contributed by atoms with Gasteiger partial charge >= 0.3 is 5.69 Å². The van der Waals surface area contributed by atoms with Gasteiger partial charge in [0.1, 0.15) is 5.75 Å². The van der Waals surface area contributed by atoms with Crippen molar-refractivity contribution in [3.8, 4) is 5.75 Å².